The predicted molar refractivity (Wildman–Crippen MR) is 179 cm³/mol. The average Bonchev–Trinajstić information content (AvgIpc) is 3.72. The fourth-order valence-electron chi connectivity index (χ4n) is 6.25. The van der Waals surface area contributed by atoms with E-state index in [1.165, 1.54) is 11.6 Å². The minimum absolute atomic E-state index is 0.126. The van der Waals surface area contributed by atoms with E-state index < -0.39 is 29.7 Å². The van der Waals surface area contributed by atoms with Crippen LogP contribution in [0.5, 0.6) is 5.75 Å². The maximum Gasteiger partial charge on any atom is 0.490 e. The van der Waals surface area contributed by atoms with Crippen LogP contribution >= 0.6 is 0 Å². The molecule has 280 valence electrons. The Balaban J connectivity index is 0.000000679. The Hall–Kier alpha value is -4.93. The van der Waals surface area contributed by atoms with Gasteiger partial charge in [0.2, 0.25) is 0 Å². The maximum atomic E-state index is 14.0. The molecule has 2 aromatic heterocycles. The molecule has 1 N–H and O–H groups in total. The van der Waals surface area contributed by atoms with Gasteiger partial charge < -0.3 is 29.1 Å². The maximum absolute atomic E-state index is 14.0. The minimum atomic E-state index is -5.08. The largest absolute Gasteiger partial charge is 0.497 e. The normalized spacial score (nSPS) is 15.1. The molecule has 2 aliphatic rings. The number of anilines is 2. The van der Waals surface area contributed by atoms with Gasteiger partial charge in [-0.15, -0.1) is 0 Å². The number of carboxylic acid groups (broad SMARTS) is 1. The first kappa shape index (κ1) is 38.3. The number of alkyl halides is 6. The van der Waals surface area contributed by atoms with E-state index in [1.807, 2.05) is 30.8 Å². The summed E-state index contributed by atoms with van der Waals surface area (Å²) >= 11 is 0. The van der Waals surface area contributed by atoms with Gasteiger partial charge in [-0.05, 0) is 69.3 Å². The monoisotopic (exact) mass is 737 g/mol. The number of benzene rings is 2. The summed E-state index contributed by atoms with van der Waals surface area (Å²) in [5.41, 5.74) is 1.74. The van der Waals surface area contributed by atoms with Gasteiger partial charge in [-0.25, -0.2) is 24.1 Å². The third-order valence-corrected chi connectivity index (χ3v) is 8.93. The number of aliphatic carboxylic acids is 1. The molecule has 10 nitrogen and oxygen atoms in total. The lowest BCUT2D eigenvalue weighted by atomic mass is 9.95. The fourth-order valence-corrected chi connectivity index (χ4v) is 6.25. The van der Waals surface area contributed by atoms with Crippen LogP contribution in [0.15, 0.2) is 55.0 Å². The van der Waals surface area contributed by atoms with Gasteiger partial charge in [-0.1, -0.05) is 12.1 Å². The zero-order chi connectivity index (χ0) is 37.8. The standard InChI is InChI=1S/C33H37F4N7O.C2HF3O2/c1-41(2)16-17-44-20-29(24-6-9-28(34)27(18-24)33(35,36)37)40-30(44)23-10-13-42(14-11-23)31-26-12-15-43(32(26)39-21-38-31)19-22-4-7-25(45-3)8-5-22;3-2(4,5)1(6)7/h4-9,18,20-21,23H,10-17,19H2,1-3H3;(H,6,7). The number of methoxy groups -OCH3 is 1. The van der Waals surface area contributed by atoms with E-state index in [0.717, 1.165) is 92.9 Å². The number of ether oxygens (including phenoxy) is 1. The van der Waals surface area contributed by atoms with Gasteiger partial charge in [0.05, 0.1) is 18.4 Å². The number of carbonyl (C=O) groups is 1. The zero-order valence-corrected chi connectivity index (χ0v) is 28.7. The summed E-state index contributed by atoms with van der Waals surface area (Å²) in [5, 5.41) is 7.12. The molecular formula is C35H38F7N7O3. The third kappa shape index (κ3) is 9.10. The Bertz CT molecular complexity index is 1840. The van der Waals surface area contributed by atoms with E-state index in [0.29, 0.717) is 12.2 Å². The summed E-state index contributed by atoms with van der Waals surface area (Å²) in [4.78, 5) is 29.8. The topological polar surface area (TPSA) is 99.9 Å². The van der Waals surface area contributed by atoms with Crippen LogP contribution < -0.4 is 14.5 Å². The van der Waals surface area contributed by atoms with Gasteiger partial charge in [-0.3, -0.25) is 0 Å². The minimum Gasteiger partial charge on any atom is -0.497 e. The first-order chi connectivity index (χ1) is 24.5. The SMILES string of the molecule is COc1ccc(CN2CCc3c(N4CCC(c5nc(-c6ccc(F)c(C(F)(F)F)c6)cn5CCN(C)C)CC4)ncnc32)cc1.O=C(O)C(F)(F)F. The van der Waals surface area contributed by atoms with Gasteiger partial charge in [0, 0.05) is 62.5 Å². The highest BCUT2D eigenvalue weighted by molar-refractivity contribution is 5.73. The van der Waals surface area contributed by atoms with Crippen molar-refractivity contribution in [2.75, 3.05) is 57.2 Å². The average molecular weight is 738 g/mol. The Kier molecular flexibility index (Phi) is 11.6. The second-order valence-corrected chi connectivity index (χ2v) is 12.8. The summed E-state index contributed by atoms with van der Waals surface area (Å²) in [7, 11) is 5.61. The number of fused-ring (bicyclic) bond motifs is 1. The molecule has 0 radical (unpaired) electrons. The summed E-state index contributed by atoms with van der Waals surface area (Å²) in [6, 6.07) is 11.2. The van der Waals surface area contributed by atoms with Gasteiger partial charge in [0.1, 0.15) is 35.4 Å². The Morgan fingerprint density at radius 3 is 2.23 bits per heavy atom. The van der Waals surface area contributed by atoms with Gasteiger partial charge in [-0.2, -0.15) is 26.3 Å². The zero-order valence-electron chi connectivity index (χ0n) is 28.7. The van der Waals surface area contributed by atoms with Crippen LogP contribution in [0.25, 0.3) is 11.3 Å². The number of imidazole rings is 1. The molecule has 0 amide bonds. The van der Waals surface area contributed by atoms with Crippen molar-refractivity contribution in [1.29, 1.82) is 0 Å². The molecule has 1 fully saturated rings. The number of hydrogen-bond donors (Lipinski definition) is 1. The summed E-state index contributed by atoms with van der Waals surface area (Å²) in [6.07, 6.45) is -3.90. The molecular weight excluding hydrogens is 699 g/mol. The van der Waals surface area contributed by atoms with Crippen molar-refractivity contribution in [3.8, 4) is 17.0 Å². The molecule has 0 saturated carbocycles. The van der Waals surface area contributed by atoms with Crippen LogP contribution in [0.1, 0.15) is 41.3 Å². The lowest BCUT2D eigenvalue weighted by molar-refractivity contribution is -0.192. The number of piperidine rings is 1. The molecule has 0 unspecified atom stereocenters. The molecule has 0 aliphatic carbocycles. The second kappa shape index (κ2) is 15.8. The van der Waals surface area contributed by atoms with Crippen molar-refractivity contribution < 1.29 is 45.4 Å². The van der Waals surface area contributed by atoms with Crippen molar-refractivity contribution in [3.63, 3.8) is 0 Å². The van der Waals surface area contributed by atoms with Crippen LogP contribution in [-0.4, -0.2) is 89.1 Å². The molecule has 6 rings (SSSR count). The summed E-state index contributed by atoms with van der Waals surface area (Å²) in [6.45, 7) is 4.57. The number of rotatable bonds is 9. The van der Waals surface area contributed by atoms with E-state index in [1.54, 1.807) is 19.6 Å². The molecule has 0 spiro atoms. The van der Waals surface area contributed by atoms with E-state index in [2.05, 4.69) is 31.8 Å². The van der Waals surface area contributed by atoms with E-state index in [4.69, 9.17) is 24.6 Å². The first-order valence-corrected chi connectivity index (χ1v) is 16.4. The number of halogens is 7. The molecule has 1 saturated heterocycles. The smallest absolute Gasteiger partial charge is 0.490 e. The predicted octanol–water partition coefficient (Wildman–Crippen LogP) is 6.65. The highest BCUT2D eigenvalue weighted by atomic mass is 19.4. The van der Waals surface area contributed by atoms with Crippen molar-refractivity contribution in [1.82, 2.24) is 24.4 Å². The lowest BCUT2D eigenvalue weighted by Gasteiger charge is -2.33. The van der Waals surface area contributed by atoms with Crippen LogP contribution in [0.3, 0.4) is 0 Å². The summed E-state index contributed by atoms with van der Waals surface area (Å²) < 4.78 is 93.4. The quantitative estimate of drug-likeness (QED) is 0.190. The Morgan fingerprint density at radius 1 is 0.981 bits per heavy atom. The number of hydrogen-bond acceptors (Lipinski definition) is 8. The number of nitrogens with zero attached hydrogens (tertiary/aromatic N) is 7. The van der Waals surface area contributed by atoms with Gasteiger partial charge >= 0.3 is 18.3 Å². The molecule has 2 aliphatic heterocycles. The Labute approximate surface area is 295 Å². The third-order valence-electron chi connectivity index (χ3n) is 8.93. The summed E-state index contributed by atoms with van der Waals surface area (Å²) in [5.74, 6) is -0.295. The number of carboxylic acids is 1. The van der Waals surface area contributed by atoms with Crippen molar-refractivity contribution >= 4 is 17.6 Å². The molecule has 0 bridgehead atoms. The van der Waals surface area contributed by atoms with Gasteiger partial charge in [0.25, 0.3) is 0 Å². The first-order valence-electron chi connectivity index (χ1n) is 16.4. The van der Waals surface area contributed by atoms with E-state index >= 15 is 0 Å². The van der Waals surface area contributed by atoms with Crippen LogP contribution in [0.4, 0.5) is 42.4 Å². The van der Waals surface area contributed by atoms with Crippen molar-refractivity contribution in [2.45, 2.75) is 50.6 Å². The molecule has 2 aromatic carbocycles. The number of likely N-dealkylation sites (N-methyl/N-ethyl adjacent to an activating group) is 1. The second-order valence-electron chi connectivity index (χ2n) is 12.8. The highest BCUT2D eigenvalue weighted by Crippen LogP contribution is 2.38. The molecule has 0 atom stereocenters. The van der Waals surface area contributed by atoms with E-state index in [-0.39, 0.29) is 11.5 Å². The number of aromatic nitrogens is 4. The lowest BCUT2D eigenvalue weighted by Crippen LogP contribution is -2.35. The Morgan fingerprint density at radius 2 is 1.63 bits per heavy atom. The van der Waals surface area contributed by atoms with E-state index in [9.17, 15) is 30.7 Å². The fraction of sp³-hybridized carbons (Fsp3) is 0.429. The van der Waals surface area contributed by atoms with Crippen LogP contribution in [0.2, 0.25) is 0 Å². The molecule has 4 aromatic rings. The van der Waals surface area contributed by atoms with Crippen molar-refractivity contribution in [2.24, 2.45) is 0 Å². The highest BCUT2D eigenvalue weighted by Gasteiger charge is 2.38. The van der Waals surface area contributed by atoms with Gasteiger partial charge in [0.15, 0.2) is 0 Å². The molecule has 52 heavy (non-hydrogen) atoms. The molecule has 17 heteroatoms. The van der Waals surface area contributed by atoms with Crippen molar-refractivity contribution in [3.05, 3.63) is 83.3 Å². The molecule has 4 heterocycles. The van der Waals surface area contributed by atoms with Crippen LogP contribution in [-0.2, 0) is 30.5 Å². The van der Waals surface area contributed by atoms with Crippen LogP contribution in [0, 0.1) is 5.82 Å².